The number of ether oxygens (including phenoxy) is 1. The Bertz CT molecular complexity index is 747. The fourth-order valence-electron chi connectivity index (χ4n) is 1.75. The van der Waals surface area contributed by atoms with Crippen LogP contribution in [0.15, 0.2) is 24.4 Å². The van der Waals surface area contributed by atoms with E-state index in [-0.39, 0.29) is 23.6 Å². The molecule has 1 N–H and O–H groups in total. The molecule has 0 atom stereocenters. The maximum Gasteiger partial charge on any atom is 0.419 e. The Hall–Kier alpha value is -2.71. The molecule has 2 aromatic rings. The molecule has 23 heavy (non-hydrogen) atoms. The van der Waals surface area contributed by atoms with Gasteiger partial charge in [0.15, 0.2) is 5.82 Å². The van der Waals surface area contributed by atoms with Gasteiger partial charge >= 0.3 is 12.1 Å². The molecule has 1 heterocycles. The standard InChI is InChI=1S/C14H10F4N2O3/c1-2-23-13(22)8-6-19-11(20-12(8)21)7-3-4-9(10(15)5-7)14(16,17)18/h3-6H,2H2,1H3,(H,19,20,21). The number of hydrogen-bond acceptors (Lipinski definition) is 5. The van der Waals surface area contributed by atoms with Crippen molar-refractivity contribution in [2.45, 2.75) is 13.1 Å². The zero-order valence-corrected chi connectivity index (χ0v) is 11.7. The van der Waals surface area contributed by atoms with E-state index in [9.17, 15) is 27.5 Å². The second-order valence-electron chi connectivity index (χ2n) is 4.34. The first-order chi connectivity index (χ1) is 10.7. The molecule has 9 heteroatoms. The molecule has 0 amide bonds. The lowest BCUT2D eigenvalue weighted by Gasteiger charge is -2.09. The number of hydrogen-bond donors (Lipinski definition) is 1. The molecule has 0 bridgehead atoms. The number of esters is 1. The molecular weight excluding hydrogens is 320 g/mol. The van der Waals surface area contributed by atoms with Crippen LogP contribution >= 0.6 is 0 Å². The lowest BCUT2D eigenvalue weighted by molar-refractivity contribution is -0.139. The van der Waals surface area contributed by atoms with Gasteiger partial charge in [0.25, 0.3) is 0 Å². The van der Waals surface area contributed by atoms with Crippen molar-refractivity contribution < 1.29 is 32.2 Å². The maximum atomic E-state index is 13.5. The first kappa shape index (κ1) is 16.7. The summed E-state index contributed by atoms with van der Waals surface area (Å²) in [6.07, 6.45) is -3.87. The van der Waals surface area contributed by atoms with E-state index in [0.717, 1.165) is 12.3 Å². The molecule has 0 radical (unpaired) electrons. The van der Waals surface area contributed by atoms with Crippen molar-refractivity contribution in [2.24, 2.45) is 0 Å². The SMILES string of the molecule is CCOC(=O)c1cnc(-c2ccc(C(F)(F)F)c(F)c2)nc1O. The summed E-state index contributed by atoms with van der Waals surface area (Å²) in [5.41, 5.74) is -1.81. The number of nitrogens with zero attached hydrogens (tertiary/aromatic N) is 2. The van der Waals surface area contributed by atoms with Gasteiger partial charge in [-0.05, 0) is 19.1 Å². The van der Waals surface area contributed by atoms with E-state index in [4.69, 9.17) is 0 Å². The van der Waals surface area contributed by atoms with Gasteiger partial charge in [0.1, 0.15) is 11.4 Å². The number of halogens is 4. The summed E-state index contributed by atoms with van der Waals surface area (Å²) in [6.45, 7) is 1.64. The number of rotatable bonds is 3. The largest absolute Gasteiger partial charge is 0.493 e. The normalized spacial score (nSPS) is 11.3. The third kappa shape index (κ3) is 3.55. The lowest BCUT2D eigenvalue weighted by atomic mass is 10.1. The molecule has 0 aliphatic rings. The number of aromatic hydroxyl groups is 1. The van der Waals surface area contributed by atoms with Crippen LogP contribution < -0.4 is 0 Å². The Kier molecular flexibility index (Phi) is 4.48. The molecular formula is C14H10F4N2O3. The highest BCUT2D eigenvalue weighted by Crippen LogP contribution is 2.33. The molecule has 2 rings (SSSR count). The van der Waals surface area contributed by atoms with Crippen LogP contribution in [0, 0.1) is 5.82 Å². The molecule has 5 nitrogen and oxygen atoms in total. The summed E-state index contributed by atoms with van der Waals surface area (Å²) in [5.74, 6) is -3.29. The van der Waals surface area contributed by atoms with E-state index >= 15 is 0 Å². The quantitative estimate of drug-likeness (QED) is 0.691. The van der Waals surface area contributed by atoms with E-state index < -0.39 is 29.4 Å². The smallest absolute Gasteiger partial charge is 0.419 e. The summed E-state index contributed by atoms with van der Waals surface area (Å²) < 4.78 is 55.7. The Morgan fingerprint density at radius 3 is 2.57 bits per heavy atom. The number of alkyl halides is 3. The van der Waals surface area contributed by atoms with E-state index in [2.05, 4.69) is 14.7 Å². The first-order valence-corrected chi connectivity index (χ1v) is 6.34. The Morgan fingerprint density at radius 2 is 2.04 bits per heavy atom. The van der Waals surface area contributed by atoms with Gasteiger partial charge in [-0.1, -0.05) is 6.07 Å². The predicted octanol–water partition coefficient (Wildman–Crippen LogP) is 3.18. The third-order valence-corrected chi connectivity index (χ3v) is 2.80. The summed E-state index contributed by atoms with van der Waals surface area (Å²) >= 11 is 0. The molecule has 0 saturated carbocycles. The van der Waals surface area contributed by atoms with Crippen molar-refractivity contribution in [1.82, 2.24) is 9.97 Å². The van der Waals surface area contributed by atoms with Gasteiger partial charge in [-0.2, -0.15) is 18.2 Å². The minimum absolute atomic E-state index is 0.0736. The second-order valence-corrected chi connectivity index (χ2v) is 4.34. The number of aromatic nitrogens is 2. The molecule has 0 aliphatic heterocycles. The second kappa shape index (κ2) is 6.19. The summed E-state index contributed by atoms with van der Waals surface area (Å²) in [6, 6.07) is 2.11. The number of carbonyl (C=O) groups excluding carboxylic acids is 1. The summed E-state index contributed by atoms with van der Waals surface area (Å²) in [4.78, 5) is 18.8. The fraction of sp³-hybridized carbons (Fsp3) is 0.214. The van der Waals surface area contributed by atoms with E-state index in [1.54, 1.807) is 6.92 Å². The van der Waals surface area contributed by atoms with Crippen molar-refractivity contribution in [1.29, 1.82) is 0 Å². The predicted molar refractivity (Wildman–Crippen MR) is 70.0 cm³/mol. The zero-order chi connectivity index (χ0) is 17.2. The molecule has 0 fully saturated rings. The Labute approximate surface area is 127 Å². The minimum Gasteiger partial charge on any atom is -0.493 e. The van der Waals surface area contributed by atoms with Crippen molar-refractivity contribution in [3.05, 3.63) is 41.3 Å². The highest BCUT2D eigenvalue weighted by Gasteiger charge is 2.34. The fourth-order valence-corrected chi connectivity index (χ4v) is 1.75. The van der Waals surface area contributed by atoms with Gasteiger partial charge in [0.2, 0.25) is 5.88 Å². The Morgan fingerprint density at radius 1 is 1.35 bits per heavy atom. The monoisotopic (exact) mass is 330 g/mol. The highest BCUT2D eigenvalue weighted by molar-refractivity contribution is 5.91. The zero-order valence-electron chi connectivity index (χ0n) is 11.7. The van der Waals surface area contributed by atoms with Crippen molar-refractivity contribution in [3.8, 4) is 17.3 Å². The van der Waals surface area contributed by atoms with Gasteiger partial charge in [-0.15, -0.1) is 0 Å². The Balaban J connectivity index is 2.38. The van der Waals surface area contributed by atoms with Crippen LogP contribution in [0.2, 0.25) is 0 Å². The number of benzene rings is 1. The van der Waals surface area contributed by atoms with Crippen LogP contribution in [0.3, 0.4) is 0 Å². The molecule has 122 valence electrons. The molecule has 1 aromatic carbocycles. The summed E-state index contributed by atoms with van der Waals surface area (Å²) in [5, 5.41) is 9.68. The van der Waals surface area contributed by atoms with Crippen LogP contribution in [0.4, 0.5) is 17.6 Å². The highest BCUT2D eigenvalue weighted by atomic mass is 19.4. The van der Waals surface area contributed by atoms with E-state index in [1.165, 1.54) is 0 Å². The molecule has 0 aliphatic carbocycles. The van der Waals surface area contributed by atoms with Crippen LogP contribution in [0.5, 0.6) is 5.88 Å². The molecule has 0 spiro atoms. The minimum atomic E-state index is -4.82. The van der Waals surface area contributed by atoms with Crippen molar-refractivity contribution in [2.75, 3.05) is 6.61 Å². The van der Waals surface area contributed by atoms with Gasteiger partial charge in [-0.3, -0.25) is 0 Å². The average Bonchev–Trinajstić information content (AvgIpc) is 2.45. The van der Waals surface area contributed by atoms with E-state index in [0.29, 0.717) is 12.1 Å². The van der Waals surface area contributed by atoms with E-state index in [1.807, 2.05) is 0 Å². The van der Waals surface area contributed by atoms with Gasteiger partial charge < -0.3 is 9.84 Å². The topological polar surface area (TPSA) is 72.3 Å². The van der Waals surface area contributed by atoms with Crippen LogP contribution in [0.25, 0.3) is 11.4 Å². The lowest BCUT2D eigenvalue weighted by Crippen LogP contribution is -2.09. The molecule has 1 aromatic heterocycles. The third-order valence-electron chi connectivity index (χ3n) is 2.80. The van der Waals surface area contributed by atoms with Crippen LogP contribution in [-0.2, 0) is 10.9 Å². The average molecular weight is 330 g/mol. The van der Waals surface area contributed by atoms with Crippen LogP contribution in [0.1, 0.15) is 22.8 Å². The van der Waals surface area contributed by atoms with Gasteiger partial charge in [0, 0.05) is 11.8 Å². The maximum absolute atomic E-state index is 13.5. The van der Waals surface area contributed by atoms with Gasteiger partial charge in [-0.25, -0.2) is 14.2 Å². The first-order valence-electron chi connectivity index (χ1n) is 6.34. The number of carbonyl (C=O) groups is 1. The summed E-state index contributed by atoms with van der Waals surface area (Å²) in [7, 11) is 0. The van der Waals surface area contributed by atoms with Gasteiger partial charge in [0.05, 0.1) is 12.2 Å². The van der Waals surface area contributed by atoms with Crippen molar-refractivity contribution >= 4 is 5.97 Å². The van der Waals surface area contributed by atoms with Crippen molar-refractivity contribution in [3.63, 3.8) is 0 Å². The molecule has 0 saturated heterocycles. The van der Waals surface area contributed by atoms with Crippen LogP contribution in [-0.4, -0.2) is 27.7 Å². The molecule has 0 unspecified atom stereocenters.